The van der Waals surface area contributed by atoms with Crippen molar-refractivity contribution in [3.63, 3.8) is 0 Å². The Hall–Kier alpha value is -2.46. The average Bonchev–Trinajstić information content (AvgIpc) is 2.46. The number of nitrogens with zero attached hydrogens (tertiary/aromatic N) is 2. The van der Waals surface area contributed by atoms with Gasteiger partial charge in [-0.25, -0.2) is 4.98 Å². The minimum absolute atomic E-state index is 0.238. The number of benzene rings is 1. The Labute approximate surface area is 120 Å². The zero-order valence-corrected chi connectivity index (χ0v) is 11.1. The SMILES string of the molecule is O=C(Nc1cc(Cl)ccn1)c1ccnc2ccccc12. The van der Waals surface area contributed by atoms with E-state index in [1.54, 1.807) is 30.6 Å². The average molecular weight is 284 g/mol. The van der Waals surface area contributed by atoms with Crippen molar-refractivity contribution in [2.45, 2.75) is 0 Å². The van der Waals surface area contributed by atoms with Gasteiger partial charge < -0.3 is 5.32 Å². The molecule has 0 aliphatic carbocycles. The van der Waals surface area contributed by atoms with Crippen LogP contribution in [-0.4, -0.2) is 15.9 Å². The van der Waals surface area contributed by atoms with Crippen LogP contribution in [0.3, 0.4) is 0 Å². The van der Waals surface area contributed by atoms with Gasteiger partial charge in [-0.1, -0.05) is 29.8 Å². The van der Waals surface area contributed by atoms with Gasteiger partial charge in [0, 0.05) is 22.8 Å². The van der Waals surface area contributed by atoms with Crippen LogP contribution < -0.4 is 5.32 Å². The van der Waals surface area contributed by atoms with Crippen LogP contribution in [0.15, 0.2) is 54.9 Å². The maximum atomic E-state index is 12.3. The van der Waals surface area contributed by atoms with E-state index in [4.69, 9.17) is 11.6 Å². The molecule has 2 aromatic heterocycles. The van der Waals surface area contributed by atoms with Crippen molar-refractivity contribution in [1.29, 1.82) is 0 Å². The standard InChI is InChI=1S/C15H10ClN3O/c16-10-5-7-18-14(9-10)19-15(20)12-6-8-17-13-4-2-1-3-11(12)13/h1-9H,(H,18,19,20). The lowest BCUT2D eigenvalue weighted by Crippen LogP contribution is -2.13. The van der Waals surface area contributed by atoms with Crippen LogP contribution in [0.4, 0.5) is 5.82 Å². The number of rotatable bonds is 2. The zero-order valence-electron chi connectivity index (χ0n) is 10.4. The molecule has 0 atom stereocenters. The van der Waals surface area contributed by atoms with E-state index in [1.807, 2.05) is 24.3 Å². The molecule has 1 amide bonds. The molecule has 2 heterocycles. The molecule has 0 saturated carbocycles. The molecule has 0 spiro atoms. The Morgan fingerprint density at radius 1 is 1.05 bits per heavy atom. The highest BCUT2D eigenvalue weighted by atomic mass is 35.5. The number of pyridine rings is 2. The lowest BCUT2D eigenvalue weighted by molar-refractivity contribution is 0.102. The molecule has 1 aromatic carbocycles. The van der Waals surface area contributed by atoms with E-state index in [2.05, 4.69) is 15.3 Å². The van der Waals surface area contributed by atoms with Crippen molar-refractivity contribution < 1.29 is 4.79 Å². The third-order valence-electron chi connectivity index (χ3n) is 2.86. The molecule has 5 heteroatoms. The number of fused-ring (bicyclic) bond motifs is 1. The predicted molar refractivity (Wildman–Crippen MR) is 78.9 cm³/mol. The van der Waals surface area contributed by atoms with Gasteiger partial charge in [-0.3, -0.25) is 9.78 Å². The first kappa shape index (κ1) is 12.6. The van der Waals surface area contributed by atoms with Crippen LogP contribution in [-0.2, 0) is 0 Å². The normalized spacial score (nSPS) is 10.4. The summed E-state index contributed by atoms with van der Waals surface area (Å²) in [6, 6.07) is 12.4. The fourth-order valence-electron chi connectivity index (χ4n) is 1.95. The zero-order chi connectivity index (χ0) is 13.9. The van der Waals surface area contributed by atoms with Gasteiger partial charge in [-0.2, -0.15) is 0 Å². The summed E-state index contributed by atoms with van der Waals surface area (Å²) >= 11 is 5.87. The highest BCUT2D eigenvalue weighted by Gasteiger charge is 2.11. The predicted octanol–water partition coefficient (Wildman–Crippen LogP) is 3.54. The van der Waals surface area contributed by atoms with Crippen LogP contribution in [0.2, 0.25) is 5.02 Å². The second-order valence-corrected chi connectivity index (χ2v) is 4.63. The maximum absolute atomic E-state index is 12.3. The van der Waals surface area contributed by atoms with Crippen molar-refractivity contribution in [1.82, 2.24) is 9.97 Å². The summed E-state index contributed by atoms with van der Waals surface area (Å²) in [6.45, 7) is 0. The Kier molecular flexibility index (Phi) is 3.31. The summed E-state index contributed by atoms with van der Waals surface area (Å²) in [5.74, 6) is 0.182. The van der Waals surface area contributed by atoms with Crippen molar-refractivity contribution >= 4 is 34.2 Å². The van der Waals surface area contributed by atoms with Crippen molar-refractivity contribution in [3.05, 3.63) is 65.4 Å². The molecule has 0 unspecified atom stereocenters. The molecule has 98 valence electrons. The Balaban J connectivity index is 1.97. The molecule has 0 aliphatic rings. The van der Waals surface area contributed by atoms with E-state index < -0.39 is 0 Å². The second-order valence-electron chi connectivity index (χ2n) is 4.19. The van der Waals surface area contributed by atoms with Crippen molar-refractivity contribution in [2.24, 2.45) is 0 Å². The van der Waals surface area contributed by atoms with Gasteiger partial charge in [0.25, 0.3) is 5.91 Å². The fraction of sp³-hybridized carbons (Fsp3) is 0. The Bertz CT molecular complexity index is 783. The Morgan fingerprint density at radius 2 is 1.85 bits per heavy atom. The largest absolute Gasteiger partial charge is 0.307 e. The third-order valence-corrected chi connectivity index (χ3v) is 3.09. The van der Waals surface area contributed by atoms with Gasteiger partial charge in [0.15, 0.2) is 0 Å². The smallest absolute Gasteiger partial charge is 0.257 e. The number of anilines is 1. The molecule has 20 heavy (non-hydrogen) atoms. The van der Waals surface area contributed by atoms with Crippen LogP contribution >= 0.6 is 11.6 Å². The van der Waals surface area contributed by atoms with E-state index in [9.17, 15) is 4.79 Å². The van der Waals surface area contributed by atoms with Gasteiger partial charge in [0.05, 0.1) is 11.1 Å². The first-order chi connectivity index (χ1) is 9.74. The molecule has 0 radical (unpaired) electrons. The number of aromatic nitrogens is 2. The molecule has 0 saturated heterocycles. The van der Waals surface area contributed by atoms with E-state index in [0.29, 0.717) is 16.4 Å². The van der Waals surface area contributed by atoms with Crippen molar-refractivity contribution in [3.8, 4) is 0 Å². The van der Waals surface area contributed by atoms with Gasteiger partial charge >= 0.3 is 0 Å². The first-order valence-corrected chi connectivity index (χ1v) is 6.38. The maximum Gasteiger partial charge on any atom is 0.257 e. The summed E-state index contributed by atoms with van der Waals surface area (Å²) < 4.78 is 0. The van der Waals surface area contributed by atoms with E-state index in [-0.39, 0.29) is 5.91 Å². The minimum atomic E-state index is -0.238. The van der Waals surface area contributed by atoms with E-state index in [1.165, 1.54) is 0 Å². The molecular formula is C15H10ClN3O. The summed E-state index contributed by atoms with van der Waals surface area (Å²) in [6.07, 6.45) is 3.16. The molecule has 1 N–H and O–H groups in total. The number of para-hydroxylation sites is 1. The number of amides is 1. The van der Waals surface area contributed by atoms with Crippen LogP contribution in [0.1, 0.15) is 10.4 Å². The van der Waals surface area contributed by atoms with Crippen LogP contribution in [0, 0.1) is 0 Å². The van der Waals surface area contributed by atoms with Crippen LogP contribution in [0.5, 0.6) is 0 Å². The molecule has 0 fully saturated rings. The summed E-state index contributed by atoms with van der Waals surface area (Å²) in [4.78, 5) is 20.6. The number of carbonyl (C=O) groups is 1. The molecular weight excluding hydrogens is 274 g/mol. The van der Waals surface area contributed by atoms with Gasteiger partial charge in [0.2, 0.25) is 0 Å². The van der Waals surface area contributed by atoms with E-state index >= 15 is 0 Å². The quantitative estimate of drug-likeness (QED) is 0.783. The fourth-order valence-corrected chi connectivity index (χ4v) is 2.11. The molecule has 4 nitrogen and oxygen atoms in total. The number of nitrogens with one attached hydrogen (secondary N) is 1. The number of halogens is 1. The first-order valence-electron chi connectivity index (χ1n) is 6.01. The van der Waals surface area contributed by atoms with Crippen molar-refractivity contribution in [2.75, 3.05) is 5.32 Å². The summed E-state index contributed by atoms with van der Waals surface area (Å²) in [5.41, 5.74) is 1.33. The highest BCUT2D eigenvalue weighted by molar-refractivity contribution is 6.30. The number of carbonyl (C=O) groups excluding carboxylic acids is 1. The van der Waals surface area contributed by atoms with Gasteiger partial charge in [-0.05, 0) is 24.3 Å². The highest BCUT2D eigenvalue weighted by Crippen LogP contribution is 2.18. The number of hydrogen-bond donors (Lipinski definition) is 1. The topological polar surface area (TPSA) is 54.9 Å². The summed E-state index contributed by atoms with van der Waals surface area (Å²) in [7, 11) is 0. The molecule has 0 aliphatic heterocycles. The molecule has 0 bridgehead atoms. The number of hydrogen-bond acceptors (Lipinski definition) is 3. The van der Waals surface area contributed by atoms with Crippen LogP contribution in [0.25, 0.3) is 10.9 Å². The monoisotopic (exact) mass is 283 g/mol. The lowest BCUT2D eigenvalue weighted by Gasteiger charge is -2.07. The second kappa shape index (κ2) is 5.27. The minimum Gasteiger partial charge on any atom is -0.307 e. The van der Waals surface area contributed by atoms with E-state index in [0.717, 1.165) is 10.9 Å². The third kappa shape index (κ3) is 2.46. The molecule has 3 rings (SSSR count). The Morgan fingerprint density at radius 3 is 2.70 bits per heavy atom. The van der Waals surface area contributed by atoms with Gasteiger partial charge in [-0.15, -0.1) is 0 Å². The van der Waals surface area contributed by atoms with Gasteiger partial charge in [0.1, 0.15) is 5.82 Å². The lowest BCUT2D eigenvalue weighted by atomic mass is 10.1. The summed E-state index contributed by atoms with van der Waals surface area (Å²) in [5, 5.41) is 4.05. The molecule has 3 aromatic rings.